The molecule has 0 atom stereocenters. The summed E-state index contributed by atoms with van der Waals surface area (Å²) in [6.07, 6.45) is 0.961. The number of carbonyl (C=O) groups excluding carboxylic acids is 2. The highest BCUT2D eigenvalue weighted by atomic mass is 16.2. The minimum Gasteiger partial charge on any atom is -0.295 e. The average Bonchev–Trinajstić information content (AvgIpc) is 1.84. The van der Waals surface area contributed by atoms with Gasteiger partial charge >= 0.3 is 0 Å². The second-order valence-corrected chi connectivity index (χ2v) is 3.93. The summed E-state index contributed by atoms with van der Waals surface area (Å²) in [6.45, 7) is 9.61. The Hall–Kier alpha value is -1.12. The van der Waals surface area contributed by atoms with Crippen LogP contribution in [0.4, 0.5) is 0 Å². The SMILES string of the molecule is C=C(CC(C)(C)C)C(=O)NC=O. The van der Waals surface area contributed by atoms with E-state index in [0.29, 0.717) is 18.4 Å². The summed E-state index contributed by atoms with van der Waals surface area (Å²) in [4.78, 5) is 20.9. The van der Waals surface area contributed by atoms with E-state index in [1.807, 2.05) is 26.1 Å². The normalized spacial score (nSPS) is 10.6. The van der Waals surface area contributed by atoms with E-state index in [0.717, 1.165) is 0 Å². The molecule has 0 spiro atoms. The molecule has 0 rings (SSSR count). The van der Waals surface area contributed by atoms with E-state index in [2.05, 4.69) is 6.58 Å². The van der Waals surface area contributed by atoms with Crippen LogP contribution in [0.1, 0.15) is 27.2 Å². The van der Waals surface area contributed by atoms with Gasteiger partial charge in [0.15, 0.2) is 0 Å². The molecule has 3 nitrogen and oxygen atoms in total. The van der Waals surface area contributed by atoms with E-state index < -0.39 is 0 Å². The Morgan fingerprint density at radius 1 is 1.50 bits per heavy atom. The Bertz CT molecular complexity index is 201. The van der Waals surface area contributed by atoms with Gasteiger partial charge in [-0.25, -0.2) is 0 Å². The van der Waals surface area contributed by atoms with Crippen molar-refractivity contribution in [1.29, 1.82) is 0 Å². The van der Waals surface area contributed by atoms with Crippen LogP contribution >= 0.6 is 0 Å². The van der Waals surface area contributed by atoms with Gasteiger partial charge in [-0.1, -0.05) is 27.4 Å². The second-order valence-electron chi connectivity index (χ2n) is 3.93. The molecule has 0 bridgehead atoms. The quantitative estimate of drug-likeness (QED) is 0.510. The maximum atomic E-state index is 11.0. The van der Waals surface area contributed by atoms with Crippen LogP contribution in [0.25, 0.3) is 0 Å². The Morgan fingerprint density at radius 3 is 2.33 bits per heavy atom. The maximum Gasteiger partial charge on any atom is 0.252 e. The smallest absolute Gasteiger partial charge is 0.252 e. The zero-order valence-electron chi connectivity index (χ0n) is 7.81. The van der Waals surface area contributed by atoms with Crippen molar-refractivity contribution in [3.05, 3.63) is 12.2 Å². The summed E-state index contributed by atoms with van der Waals surface area (Å²) in [7, 11) is 0. The van der Waals surface area contributed by atoms with E-state index in [1.165, 1.54) is 0 Å². The van der Waals surface area contributed by atoms with E-state index in [9.17, 15) is 9.59 Å². The van der Waals surface area contributed by atoms with Gasteiger partial charge in [-0.3, -0.25) is 14.9 Å². The maximum absolute atomic E-state index is 11.0. The molecule has 0 aliphatic rings. The van der Waals surface area contributed by atoms with Crippen molar-refractivity contribution in [1.82, 2.24) is 5.32 Å². The first-order valence-corrected chi connectivity index (χ1v) is 3.79. The summed E-state index contributed by atoms with van der Waals surface area (Å²) in [5, 5.41) is 2.05. The molecule has 0 aliphatic carbocycles. The van der Waals surface area contributed by atoms with Crippen LogP contribution in [0.5, 0.6) is 0 Å². The molecular weight excluding hydrogens is 154 g/mol. The minimum absolute atomic E-state index is 0.0251. The predicted octanol–water partition coefficient (Wildman–Crippen LogP) is 1.25. The van der Waals surface area contributed by atoms with Crippen molar-refractivity contribution in [2.75, 3.05) is 0 Å². The Balaban J connectivity index is 4.05. The van der Waals surface area contributed by atoms with Gasteiger partial charge < -0.3 is 0 Å². The first-order chi connectivity index (χ1) is 5.37. The monoisotopic (exact) mass is 169 g/mol. The van der Waals surface area contributed by atoms with E-state index in [4.69, 9.17) is 0 Å². The van der Waals surface area contributed by atoms with Crippen LogP contribution in [0.15, 0.2) is 12.2 Å². The molecule has 0 radical (unpaired) electrons. The number of imide groups is 1. The molecule has 12 heavy (non-hydrogen) atoms. The van der Waals surface area contributed by atoms with Crippen LogP contribution in [-0.4, -0.2) is 12.3 Å². The van der Waals surface area contributed by atoms with Crippen LogP contribution in [0.3, 0.4) is 0 Å². The van der Waals surface area contributed by atoms with Crippen molar-refractivity contribution in [3.63, 3.8) is 0 Å². The third kappa shape index (κ3) is 4.66. The Labute approximate surface area is 72.8 Å². The van der Waals surface area contributed by atoms with Gasteiger partial charge in [-0.05, 0) is 11.8 Å². The molecule has 3 heteroatoms. The van der Waals surface area contributed by atoms with Gasteiger partial charge in [0.2, 0.25) is 6.41 Å². The first kappa shape index (κ1) is 10.9. The Morgan fingerprint density at radius 2 is 2.00 bits per heavy atom. The minimum atomic E-state index is -0.389. The molecule has 0 heterocycles. The number of hydrogen-bond donors (Lipinski definition) is 1. The zero-order chi connectivity index (χ0) is 9.78. The highest BCUT2D eigenvalue weighted by Crippen LogP contribution is 2.22. The lowest BCUT2D eigenvalue weighted by Crippen LogP contribution is -2.24. The highest BCUT2D eigenvalue weighted by molar-refractivity contribution is 5.98. The molecule has 0 unspecified atom stereocenters. The number of rotatable bonds is 3. The van der Waals surface area contributed by atoms with Gasteiger partial charge in [0.25, 0.3) is 5.91 Å². The largest absolute Gasteiger partial charge is 0.295 e. The van der Waals surface area contributed by atoms with Gasteiger partial charge in [0, 0.05) is 5.57 Å². The van der Waals surface area contributed by atoms with Crippen LogP contribution < -0.4 is 5.32 Å². The van der Waals surface area contributed by atoms with E-state index in [-0.39, 0.29) is 11.3 Å². The van der Waals surface area contributed by atoms with Crippen molar-refractivity contribution >= 4 is 12.3 Å². The molecule has 68 valence electrons. The van der Waals surface area contributed by atoms with Crippen molar-refractivity contribution in [2.45, 2.75) is 27.2 Å². The van der Waals surface area contributed by atoms with Gasteiger partial charge in [-0.15, -0.1) is 0 Å². The van der Waals surface area contributed by atoms with Crippen molar-refractivity contribution < 1.29 is 9.59 Å². The molecule has 2 amide bonds. The van der Waals surface area contributed by atoms with Crippen molar-refractivity contribution in [2.24, 2.45) is 5.41 Å². The molecular formula is C9H15NO2. The molecule has 0 saturated heterocycles. The molecule has 0 aliphatic heterocycles. The standard InChI is InChI=1S/C9H15NO2/c1-7(5-9(2,3)4)8(12)10-6-11/h6H,1,5H2,2-4H3,(H,10,11,12). The second kappa shape index (κ2) is 4.04. The van der Waals surface area contributed by atoms with E-state index >= 15 is 0 Å². The van der Waals surface area contributed by atoms with Gasteiger partial charge in [0.1, 0.15) is 0 Å². The Kier molecular flexibility index (Phi) is 3.67. The molecule has 0 aromatic carbocycles. The van der Waals surface area contributed by atoms with Crippen LogP contribution in [0, 0.1) is 5.41 Å². The third-order valence-corrected chi connectivity index (χ3v) is 1.25. The highest BCUT2D eigenvalue weighted by Gasteiger charge is 2.15. The number of carbonyl (C=O) groups is 2. The van der Waals surface area contributed by atoms with Crippen LogP contribution in [0.2, 0.25) is 0 Å². The number of nitrogens with one attached hydrogen (secondary N) is 1. The lowest BCUT2D eigenvalue weighted by molar-refractivity contribution is -0.122. The molecule has 0 fully saturated rings. The zero-order valence-corrected chi connectivity index (χ0v) is 7.81. The summed E-state index contributed by atoms with van der Waals surface area (Å²) < 4.78 is 0. The molecule has 1 N–H and O–H groups in total. The van der Waals surface area contributed by atoms with Gasteiger partial charge in [0.05, 0.1) is 0 Å². The van der Waals surface area contributed by atoms with Gasteiger partial charge in [-0.2, -0.15) is 0 Å². The third-order valence-electron chi connectivity index (χ3n) is 1.25. The average molecular weight is 169 g/mol. The predicted molar refractivity (Wildman–Crippen MR) is 47.4 cm³/mol. The fraction of sp³-hybridized carbons (Fsp3) is 0.556. The molecule has 0 saturated carbocycles. The fourth-order valence-corrected chi connectivity index (χ4v) is 0.876. The number of amides is 2. The summed E-state index contributed by atoms with van der Waals surface area (Å²) in [5.41, 5.74) is 0.465. The summed E-state index contributed by atoms with van der Waals surface area (Å²) >= 11 is 0. The first-order valence-electron chi connectivity index (χ1n) is 3.79. The summed E-state index contributed by atoms with van der Waals surface area (Å²) in [6, 6.07) is 0. The molecule has 0 aromatic heterocycles. The molecule has 0 aromatic rings. The lowest BCUT2D eigenvalue weighted by Gasteiger charge is -2.18. The lowest BCUT2D eigenvalue weighted by atomic mass is 9.88. The fourth-order valence-electron chi connectivity index (χ4n) is 0.876. The van der Waals surface area contributed by atoms with Crippen molar-refractivity contribution in [3.8, 4) is 0 Å². The number of hydrogen-bond acceptors (Lipinski definition) is 2. The van der Waals surface area contributed by atoms with Crippen LogP contribution in [-0.2, 0) is 9.59 Å². The topological polar surface area (TPSA) is 46.2 Å². The van der Waals surface area contributed by atoms with E-state index in [1.54, 1.807) is 0 Å². The summed E-state index contributed by atoms with van der Waals surface area (Å²) in [5.74, 6) is -0.389.